The first-order chi connectivity index (χ1) is 53.2. The normalized spacial score (nSPS) is 9.38. The van der Waals surface area contributed by atoms with Gasteiger partial charge in [0, 0.05) is 29.6 Å². The third kappa shape index (κ3) is 27.9. The molecule has 6 aromatic heterocycles. The Morgan fingerprint density at radius 1 is 0.300 bits per heavy atom. The molecule has 0 saturated heterocycles. The van der Waals surface area contributed by atoms with Gasteiger partial charge < -0.3 is 14.1 Å². The molecule has 0 aliphatic rings. The average Bonchev–Trinajstić information content (AvgIpc) is 1.60. The largest absolute Gasteiger partial charge is 2.00 e. The fourth-order valence-electron chi connectivity index (χ4n) is 11.0. The van der Waals surface area contributed by atoms with Gasteiger partial charge in [-0.1, -0.05) is 294 Å². The number of hydrogen-bond acceptors (Lipinski definition) is 4. The van der Waals surface area contributed by atoms with Crippen molar-refractivity contribution in [3.63, 3.8) is 0 Å². The minimum Gasteiger partial charge on any atom is -0.319 e. The van der Waals surface area contributed by atoms with Crippen LogP contribution in [-0.4, -0.2) is 29.1 Å². The van der Waals surface area contributed by atoms with E-state index in [1.807, 2.05) is 232 Å². The summed E-state index contributed by atoms with van der Waals surface area (Å²) < 4.78 is 28.6. The third-order valence-electron chi connectivity index (χ3n) is 15.3. The van der Waals surface area contributed by atoms with Gasteiger partial charge in [0.25, 0.3) is 0 Å². The van der Waals surface area contributed by atoms with Crippen molar-refractivity contribution < 1.29 is 50.9 Å². The fraction of sp³-hybridized carbons (Fsp3) is 0.240. The van der Waals surface area contributed by atoms with Crippen LogP contribution in [0.4, 0.5) is 8.78 Å². The fourth-order valence-corrected chi connectivity index (χ4v) is 11.0. The van der Waals surface area contributed by atoms with Gasteiger partial charge in [0.1, 0.15) is 23.3 Å². The number of halogens is 2. The van der Waals surface area contributed by atoms with Crippen LogP contribution in [0.1, 0.15) is 172 Å². The molecule has 16 aromatic rings. The summed E-state index contributed by atoms with van der Waals surface area (Å²) in [5, 5.41) is 8.24. The summed E-state index contributed by atoms with van der Waals surface area (Å²) >= 11 is 0. The van der Waals surface area contributed by atoms with Gasteiger partial charge in [0.05, 0.1) is 5.52 Å². The molecule has 0 amide bonds. The maximum Gasteiger partial charge on any atom is 2.00 e. The molecule has 10 aromatic carbocycles. The quantitative estimate of drug-likeness (QED) is 0.142. The minimum absolute atomic E-state index is 0. The minimum atomic E-state index is -0.171. The number of aromatic nitrogens is 6. The van der Waals surface area contributed by atoms with E-state index >= 15 is 0 Å². The van der Waals surface area contributed by atoms with Crippen LogP contribution in [0.3, 0.4) is 0 Å². The van der Waals surface area contributed by atoms with Gasteiger partial charge >= 0.3 is 42.1 Å². The van der Waals surface area contributed by atoms with E-state index < -0.39 is 0 Å². The molecule has 0 atom stereocenters. The molecule has 6 nitrogen and oxygen atoms in total. The average molecular weight is 1830 g/mol. The zero-order valence-corrected chi connectivity index (χ0v) is 73.6. The maximum absolute atomic E-state index is 12.1. The molecular weight excluding hydrogens is 1710 g/mol. The summed E-state index contributed by atoms with van der Waals surface area (Å²) in [6, 6.07) is 100. The van der Waals surface area contributed by atoms with Crippen LogP contribution in [0.5, 0.6) is 0 Å². The van der Waals surface area contributed by atoms with Gasteiger partial charge in [-0.15, -0.1) is 81.6 Å². The van der Waals surface area contributed by atoms with Crippen molar-refractivity contribution in [2.45, 2.75) is 165 Å². The number of nitrogens with zero attached hydrogens (tertiary/aromatic N) is 6. The van der Waals surface area contributed by atoms with E-state index in [4.69, 9.17) is 4.98 Å². The Hall–Kier alpha value is -9.84. The number of hydrogen-bond donors (Lipinski definition) is 0. The molecule has 0 spiro atoms. The molecule has 0 unspecified atom stereocenters. The predicted molar refractivity (Wildman–Crippen MR) is 468 cm³/mol. The SMILES string of the molecule is CC.CC.CC.CC.CC.CC.CC.CC.CC.CC.Cc1ccc(F)cc1.Cc1ccc(F)cc1.[Pt+2].[Pt+2].[c-]1c(Cc2[c-]c3c(cc2)c2ccccc2n3-c2ccccn2)cccc1-c1cc2ccccc2cn1.[c-]1c(Cc2[c-]c3c(cc2)c2ccccc2n3-c2ccccn2)cccc1-c1ccc2ccccc2n1. The summed E-state index contributed by atoms with van der Waals surface area (Å²) in [4.78, 5) is 18.8. The summed E-state index contributed by atoms with van der Waals surface area (Å²) in [6.45, 7) is 43.9. The number of fused-ring (bicyclic) bond motifs is 8. The third-order valence-corrected chi connectivity index (χ3v) is 15.3. The Bertz CT molecular complexity index is 4730. The molecule has 110 heavy (non-hydrogen) atoms. The summed E-state index contributed by atoms with van der Waals surface area (Å²) in [7, 11) is 0. The van der Waals surface area contributed by atoms with Crippen molar-refractivity contribution >= 4 is 65.3 Å². The van der Waals surface area contributed by atoms with E-state index in [9.17, 15) is 8.78 Å². The van der Waals surface area contributed by atoms with Gasteiger partial charge in [-0.2, -0.15) is 47.5 Å². The molecule has 0 saturated carbocycles. The predicted octanol–water partition coefficient (Wildman–Crippen LogP) is 29.7. The van der Waals surface area contributed by atoms with Crippen molar-refractivity contribution in [3.8, 4) is 34.2 Å². The molecule has 0 N–H and O–H groups in total. The summed E-state index contributed by atoms with van der Waals surface area (Å²) in [5.74, 6) is 1.45. The number of benzene rings is 10. The van der Waals surface area contributed by atoms with E-state index in [-0.39, 0.29) is 53.8 Å². The molecule has 6 heterocycles. The van der Waals surface area contributed by atoms with Gasteiger partial charge in [0.2, 0.25) is 0 Å². The van der Waals surface area contributed by atoms with Crippen LogP contribution in [0.15, 0.2) is 279 Å². The van der Waals surface area contributed by atoms with Crippen molar-refractivity contribution in [3.05, 3.63) is 349 Å². The van der Waals surface area contributed by atoms with E-state index in [0.717, 1.165) is 119 Å². The molecule has 0 aliphatic carbocycles. The molecule has 16 rings (SSSR count). The molecular formula is C100H116F2N6Pt2. The maximum atomic E-state index is 12.1. The van der Waals surface area contributed by atoms with Crippen LogP contribution in [0.25, 0.3) is 99.4 Å². The second-order valence-corrected chi connectivity index (χ2v) is 21.5. The Balaban J connectivity index is 0.000000762. The van der Waals surface area contributed by atoms with E-state index in [2.05, 4.69) is 200 Å². The van der Waals surface area contributed by atoms with Crippen LogP contribution < -0.4 is 0 Å². The Morgan fingerprint density at radius 3 is 1.09 bits per heavy atom. The topological polar surface area (TPSA) is 61.4 Å². The Morgan fingerprint density at radius 2 is 0.673 bits per heavy atom. The monoisotopic (exact) mass is 1830 g/mol. The number of aryl methyl sites for hydroxylation is 2. The molecule has 580 valence electrons. The van der Waals surface area contributed by atoms with Crippen molar-refractivity contribution in [1.82, 2.24) is 29.1 Å². The van der Waals surface area contributed by atoms with E-state index in [1.54, 1.807) is 24.3 Å². The molecule has 0 aliphatic heterocycles. The first-order valence-electron chi connectivity index (χ1n) is 39.1. The second kappa shape index (κ2) is 56.4. The van der Waals surface area contributed by atoms with Crippen LogP contribution in [-0.2, 0) is 55.0 Å². The zero-order chi connectivity index (χ0) is 79.8. The first kappa shape index (κ1) is 98.2. The summed E-state index contributed by atoms with van der Waals surface area (Å²) in [5.41, 5.74) is 15.8. The molecule has 0 bridgehead atoms. The van der Waals surface area contributed by atoms with Gasteiger partial charge in [-0.05, 0) is 132 Å². The Labute approximate surface area is 688 Å². The van der Waals surface area contributed by atoms with Gasteiger partial charge in [-0.25, -0.2) is 18.7 Å². The number of rotatable bonds is 8. The molecule has 0 radical (unpaired) electrons. The van der Waals surface area contributed by atoms with Crippen molar-refractivity contribution in [2.24, 2.45) is 0 Å². The standard InChI is InChI=1S/2C33H21N3.2C7H7F.10C2H6.2Pt/c1-3-12-29-25(9-1)16-18-30(35-29)26-10-7-8-23(21-26)20-24-15-17-28-27-11-2-4-13-31(27)36(32(28)22-24)33-14-5-6-19-34-33;1-2-10-27-22-35-30(21-25(27)9-1)26-11-7-8-23(19-26)18-24-15-16-29-28-12-3-4-13-31(28)36(32(29)20-24)33-14-5-6-17-34-33;2*1-6-2-4-7(8)5-3-6;10*1-2;;/h1-19H,20H2;1-17,21-22H,18H2;2*2-5H,1H3;10*1-2H3;;/q2*-2;;;;;;;;;;;;;2*+2. The van der Waals surface area contributed by atoms with Crippen molar-refractivity contribution in [1.29, 1.82) is 0 Å². The Kier molecular flexibility index (Phi) is 50.3. The smallest absolute Gasteiger partial charge is 0.319 e. The molecule has 10 heteroatoms. The van der Waals surface area contributed by atoms with Gasteiger partial charge in [-0.3, -0.25) is 4.98 Å². The van der Waals surface area contributed by atoms with E-state index in [1.165, 1.54) is 51.2 Å². The van der Waals surface area contributed by atoms with Gasteiger partial charge in [0.15, 0.2) is 0 Å². The van der Waals surface area contributed by atoms with E-state index in [0.29, 0.717) is 0 Å². The molecule has 0 fully saturated rings. The number of para-hydroxylation sites is 3. The van der Waals surface area contributed by atoms with Crippen molar-refractivity contribution in [2.75, 3.05) is 0 Å². The zero-order valence-electron chi connectivity index (χ0n) is 69.0. The van der Waals surface area contributed by atoms with Crippen LogP contribution in [0, 0.1) is 49.7 Å². The second-order valence-electron chi connectivity index (χ2n) is 21.5. The number of pyridine rings is 4. The first-order valence-corrected chi connectivity index (χ1v) is 39.1. The van der Waals surface area contributed by atoms with Crippen LogP contribution in [0.2, 0.25) is 0 Å². The van der Waals surface area contributed by atoms with Crippen LogP contribution >= 0.6 is 0 Å². The summed E-state index contributed by atoms with van der Waals surface area (Å²) in [6.07, 6.45) is 7.08.